The fourth-order valence-corrected chi connectivity index (χ4v) is 5.34. The molecule has 0 saturated carbocycles. The molecule has 1 fully saturated rings. The smallest absolute Gasteiger partial charge is 0.410 e. The molecule has 3 aromatic rings. The lowest BCUT2D eigenvalue weighted by molar-refractivity contribution is -0.0150. The molecule has 1 aliphatic heterocycles. The fraction of sp³-hybridized carbons (Fsp3) is 0.447. The van der Waals surface area contributed by atoms with E-state index in [1.54, 1.807) is 6.92 Å². The first-order chi connectivity index (χ1) is 24.8. The number of rotatable bonds is 12. The highest BCUT2D eigenvalue weighted by molar-refractivity contribution is 5.70. The van der Waals surface area contributed by atoms with Gasteiger partial charge in [-0.15, -0.1) is 0 Å². The first-order valence-corrected chi connectivity index (χ1v) is 17.3. The zero-order valence-electron chi connectivity index (χ0n) is 29.3. The molecule has 2 unspecified atom stereocenters. The summed E-state index contributed by atoms with van der Waals surface area (Å²) in [6.45, 7) is 3.76. The number of aliphatic hydroxyl groups is 2. The topological polar surface area (TPSA) is 142 Å². The molecule has 0 spiro atoms. The average molecular weight is 707 g/mol. The molecule has 276 valence electrons. The van der Waals surface area contributed by atoms with E-state index in [1.165, 1.54) is 14.7 Å². The number of carbonyl (C=O) groups excluding carboxylic acids is 3. The Hall–Kier alpha value is -4.69. The van der Waals surface area contributed by atoms with Crippen LogP contribution in [0.25, 0.3) is 0 Å². The van der Waals surface area contributed by atoms with Crippen LogP contribution in [0.3, 0.4) is 0 Å². The van der Waals surface area contributed by atoms with Gasteiger partial charge in [-0.05, 0) is 23.6 Å². The summed E-state index contributed by atoms with van der Waals surface area (Å²) in [5, 5.41) is 20.3. The minimum absolute atomic E-state index is 0.00706. The molecule has 0 aliphatic carbocycles. The number of carbonyl (C=O) groups is 3. The molecule has 13 nitrogen and oxygen atoms in total. The van der Waals surface area contributed by atoms with E-state index < -0.39 is 30.5 Å². The molecule has 2 N–H and O–H groups in total. The summed E-state index contributed by atoms with van der Waals surface area (Å²) in [4.78, 5) is 46.8. The fourth-order valence-electron chi connectivity index (χ4n) is 5.34. The summed E-state index contributed by atoms with van der Waals surface area (Å²) in [6.07, 6.45) is -3.21. The summed E-state index contributed by atoms with van der Waals surface area (Å²) < 4.78 is 22.4. The summed E-state index contributed by atoms with van der Waals surface area (Å²) >= 11 is 0. The predicted molar refractivity (Wildman–Crippen MR) is 190 cm³/mol. The van der Waals surface area contributed by atoms with Crippen molar-refractivity contribution in [1.82, 2.24) is 19.6 Å². The summed E-state index contributed by atoms with van der Waals surface area (Å²) in [5.74, 6) is 0. The van der Waals surface area contributed by atoms with Crippen LogP contribution in [0.15, 0.2) is 91.0 Å². The molecule has 1 saturated heterocycles. The maximum absolute atomic E-state index is 13.4. The molecule has 13 heteroatoms. The van der Waals surface area contributed by atoms with Gasteiger partial charge >= 0.3 is 18.3 Å². The van der Waals surface area contributed by atoms with Crippen molar-refractivity contribution >= 4 is 18.3 Å². The van der Waals surface area contributed by atoms with Crippen molar-refractivity contribution in [1.29, 1.82) is 0 Å². The predicted octanol–water partition coefficient (Wildman–Crippen LogP) is 3.98. The summed E-state index contributed by atoms with van der Waals surface area (Å²) in [6, 6.07) is 28.0. The van der Waals surface area contributed by atoms with E-state index in [-0.39, 0.29) is 78.8 Å². The second kappa shape index (κ2) is 21.5. The van der Waals surface area contributed by atoms with Gasteiger partial charge in [0.25, 0.3) is 0 Å². The minimum Gasteiger partial charge on any atom is -0.445 e. The highest BCUT2D eigenvalue weighted by Gasteiger charge is 2.26. The number of nitrogens with zero attached hydrogens (tertiary/aromatic N) is 4. The zero-order chi connectivity index (χ0) is 36.3. The number of hydrogen-bond donors (Lipinski definition) is 2. The lowest BCUT2D eigenvalue weighted by Gasteiger charge is -2.34. The van der Waals surface area contributed by atoms with E-state index in [2.05, 4.69) is 0 Å². The van der Waals surface area contributed by atoms with Crippen LogP contribution in [-0.2, 0) is 38.8 Å². The first kappa shape index (κ1) is 39.1. The third kappa shape index (κ3) is 14.6. The Labute approximate surface area is 299 Å². The second-order valence-corrected chi connectivity index (χ2v) is 12.4. The summed E-state index contributed by atoms with van der Waals surface area (Å²) in [5.41, 5.74) is 2.51. The van der Waals surface area contributed by atoms with Gasteiger partial charge in [-0.2, -0.15) is 0 Å². The quantitative estimate of drug-likeness (QED) is 0.266. The molecule has 0 bridgehead atoms. The summed E-state index contributed by atoms with van der Waals surface area (Å²) in [7, 11) is 0. The van der Waals surface area contributed by atoms with Gasteiger partial charge in [0.15, 0.2) is 0 Å². The van der Waals surface area contributed by atoms with Gasteiger partial charge in [0, 0.05) is 58.9 Å². The Morgan fingerprint density at radius 2 is 0.882 bits per heavy atom. The number of β-amino-alcohol motifs (C(OH)–C–C–N with tert-alkyl or cyclic N) is 1. The van der Waals surface area contributed by atoms with Gasteiger partial charge in [0.05, 0.1) is 25.4 Å². The van der Waals surface area contributed by atoms with Crippen molar-refractivity contribution in [3.8, 4) is 0 Å². The van der Waals surface area contributed by atoms with Crippen LogP contribution in [0, 0.1) is 0 Å². The standard InChI is InChI=1S/C38H50N4O9/c1-31(43)26-48-30-35(44)25-39-17-19-40(36(45)49-27-32-11-5-2-6-12-32)21-23-42(38(47)51-29-34-15-9-4-10-16-34)24-22-41(20-18-39)37(46)50-28-33-13-7-3-8-14-33/h2-16,31,35,43-44H,17-30H2,1H3. The van der Waals surface area contributed by atoms with Gasteiger partial charge < -0.3 is 43.9 Å². The molecule has 2 atom stereocenters. The van der Waals surface area contributed by atoms with Crippen LogP contribution in [0.1, 0.15) is 23.6 Å². The Morgan fingerprint density at radius 1 is 0.549 bits per heavy atom. The van der Waals surface area contributed by atoms with Crippen molar-refractivity contribution in [2.75, 3.05) is 72.1 Å². The molecule has 1 heterocycles. The van der Waals surface area contributed by atoms with Crippen LogP contribution in [0.4, 0.5) is 14.4 Å². The Kier molecular flexibility index (Phi) is 16.5. The zero-order valence-corrected chi connectivity index (χ0v) is 29.3. The van der Waals surface area contributed by atoms with E-state index >= 15 is 0 Å². The van der Waals surface area contributed by atoms with Crippen LogP contribution >= 0.6 is 0 Å². The largest absolute Gasteiger partial charge is 0.445 e. The van der Waals surface area contributed by atoms with Crippen molar-refractivity contribution in [2.45, 2.75) is 39.0 Å². The molecular formula is C38H50N4O9. The van der Waals surface area contributed by atoms with E-state index in [0.717, 1.165) is 16.7 Å². The molecular weight excluding hydrogens is 656 g/mol. The lowest BCUT2D eigenvalue weighted by atomic mass is 10.2. The van der Waals surface area contributed by atoms with Gasteiger partial charge in [-0.1, -0.05) is 91.0 Å². The maximum Gasteiger partial charge on any atom is 0.410 e. The van der Waals surface area contributed by atoms with Crippen molar-refractivity contribution in [3.63, 3.8) is 0 Å². The molecule has 0 radical (unpaired) electrons. The van der Waals surface area contributed by atoms with Crippen molar-refractivity contribution < 1.29 is 43.5 Å². The van der Waals surface area contributed by atoms with E-state index in [4.69, 9.17) is 18.9 Å². The number of amides is 3. The van der Waals surface area contributed by atoms with Crippen LogP contribution in [0.2, 0.25) is 0 Å². The van der Waals surface area contributed by atoms with E-state index in [0.29, 0.717) is 13.1 Å². The number of benzene rings is 3. The maximum atomic E-state index is 13.4. The van der Waals surface area contributed by atoms with Gasteiger partial charge in [0.1, 0.15) is 19.8 Å². The number of hydrogen-bond acceptors (Lipinski definition) is 10. The van der Waals surface area contributed by atoms with Crippen LogP contribution in [0.5, 0.6) is 0 Å². The Balaban J connectivity index is 1.50. The van der Waals surface area contributed by atoms with Crippen LogP contribution < -0.4 is 0 Å². The Bertz CT molecular complexity index is 1380. The molecule has 1 aliphatic rings. The first-order valence-electron chi connectivity index (χ1n) is 17.3. The van der Waals surface area contributed by atoms with Crippen molar-refractivity contribution in [2.24, 2.45) is 0 Å². The van der Waals surface area contributed by atoms with Gasteiger partial charge in [-0.3, -0.25) is 4.90 Å². The third-order valence-corrected chi connectivity index (χ3v) is 8.18. The molecule has 3 amide bonds. The lowest BCUT2D eigenvalue weighted by Crippen LogP contribution is -2.50. The average Bonchev–Trinajstić information content (AvgIpc) is 3.14. The van der Waals surface area contributed by atoms with E-state index in [1.807, 2.05) is 95.9 Å². The molecule has 0 aromatic heterocycles. The number of aliphatic hydroxyl groups excluding tert-OH is 2. The van der Waals surface area contributed by atoms with Gasteiger partial charge in [0.2, 0.25) is 0 Å². The third-order valence-electron chi connectivity index (χ3n) is 8.18. The van der Waals surface area contributed by atoms with Crippen molar-refractivity contribution in [3.05, 3.63) is 108 Å². The minimum atomic E-state index is -0.886. The SMILES string of the molecule is CC(O)COCC(O)CN1CCN(C(=O)OCc2ccccc2)CCN(C(=O)OCc2ccccc2)CCN(C(=O)OCc2ccccc2)CC1. The Morgan fingerprint density at radius 3 is 1.22 bits per heavy atom. The van der Waals surface area contributed by atoms with Gasteiger partial charge in [-0.25, -0.2) is 14.4 Å². The normalized spacial score (nSPS) is 15.9. The highest BCUT2D eigenvalue weighted by Crippen LogP contribution is 2.10. The molecule has 3 aromatic carbocycles. The highest BCUT2D eigenvalue weighted by atomic mass is 16.6. The van der Waals surface area contributed by atoms with Crippen LogP contribution in [-0.4, -0.2) is 132 Å². The molecule has 4 rings (SSSR count). The second-order valence-electron chi connectivity index (χ2n) is 12.4. The van der Waals surface area contributed by atoms with E-state index in [9.17, 15) is 24.6 Å². The molecule has 51 heavy (non-hydrogen) atoms. The monoisotopic (exact) mass is 706 g/mol. The number of ether oxygens (including phenoxy) is 4.